The van der Waals surface area contributed by atoms with Gasteiger partial charge in [-0.2, -0.15) is 0 Å². The van der Waals surface area contributed by atoms with Gasteiger partial charge in [0.2, 0.25) is 0 Å². The van der Waals surface area contributed by atoms with Crippen LogP contribution < -0.4 is 19.5 Å². The second-order valence-corrected chi connectivity index (χ2v) is 7.43. The highest BCUT2D eigenvalue weighted by atomic mass is 16.5. The summed E-state index contributed by atoms with van der Waals surface area (Å²) in [6.45, 7) is 3.80. The molecular weight excluding hydrogens is 390 g/mol. The van der Waals surface area contributed by atoms with Crippen LogP contribution in [0.3, 0.4) is 0 Å². The van der Waals surface area contributed by atoms with Crippen LogP contribution >= 0.6 is 0 Å². The molecule has 31 heavy (non-hydrogen) atoms. The maximum absolute atomic E-state index is 13.0. The van der Waals surface area contributed by atoms with E-state index in [2.05, 4.69) is 17.4 Å². The van der Waals surface area contributed by atoms with E-state index in [0.717, 1.165) is 34.8 Å². The van der Waals surface area contributed by atoms with Crippen molar-refractivity contribution in [3.8, 4) is 17.2 Å². The van der Waals surface area contributed by atoms with E-state index in [9.17, 15) is 4.79 Å². The zero-order valence-corrected chi connectivity index (χ0v) is 17.7. The van der Waals surface area contributed by atoms with Crippen molar-refractivity contribution in [2.24, 2.45) is 0 Å². The minimum absolute atomic E-state index is 0.129. The molecule has 0 bridgehead atoms. The van der Waals surface area contributed by atoms with E-state index in [1.54, 1.807) is 12.1 Å². The van der Waals surface area contributed by atoms with Crippen LogP contribution in [-0.2, 0) is 6.42 Å². The SMILES string of the molecule is CCOc1ccc(C(=O)NC(Cc2ccccc2)c2ccc3c(c2)OCCCO3)cc1. The minimum atomic E-state index is -0.210. The van der Waals surface area contributed by atoms with Crippen molar-refractivity contribution < 1.29 is 19.0 Å². The molecule has 0 aromatic heterocycles. The van der Waals surface area contributed by atoms with E-state index in [1.165, 1.54) is 0 Å². The Hall–Kier alpha value is -3.47. The average molecular weight is 418 g/mol. The molecule has 0 radical (unpaired) electrons. The van der Waals surface area contributed by atoms with Gasteiger partial charge >= 0.3 is 0 Å². The van der Waals surface area contributed by atoms with E-state index in [-0.39, 0.29) is 11.9 Å². The van der Waals surface area contributed by atoms with Gasteiger partial charge in [0.25, 0.3) is 5.91 Å². The summed E-state index contributed by atoms with van der Waals surface area (Å²) in [5, 5.41) is 3.20. The summed E-state index contributed by atoms with van der Waals surface area (Å²) in [6.07, 6.45) is 1.52. The molecule has 3 aromatic carbocycles. The summed E-state index contributed by atoms with van der Waals surface area (Å²) < 4.78 is 17.1. The molecule has 1 heterocycles. The van der Waals surface area contributed by atoms with Crippen LogP contribution in [0, 0.1) is 0 Å². The summed E-state index contributed by atoms with van der Waals surface area (Å²) in [4.78, 5) is 13.0. The molecule has 0 saturated carbocycles. The van der Waals surface area contributed by atoms with E-state index < -0.39 is 0 Å². The van der Waals surface area contributed by atoms with Crippen molar-refractivity contribution in [2.75, 3.05) is 19.8 Å². The molecule has 1 aliphatic rings. The second-order valence-electron chi connectivity index (χ2n) is 7.43. The predicted octanol–water partition coefficient (Wildman–Crippen LogP) is 4.96. The summed E-state index contributed by atoms with van der Waals surface area (Å²) in [7, 11) is 0. The largest absolute Gasteiger partial charge is 0.494 e. The number of ether oxygens (including phenoxy) is 3. The Morgan fingerprint density at radius 2 is 1.71 bits per heavy atom. The average Bonchev–Trinajstić information content (AvgIpc) is 3.05. The van der Waals surface area contributed by atoms with Gasteiger partial charge in [0, 0.05) is 12.0 Å². The number of hydrogen-bond donors (Lipinski definition) is 1. The van der Waals surface area contributed by atoms with Crippen molar-refractivity contribution in [2.45, 2.75) is 25.8 Å². The lowest BCUT2D eigenvalue weighted by molar-refractivity contribution is 0.0936. The van der Waals surface area contributed by atoms with Crippen LogP contribution in [0.1, 0.15) is 40.9 Å². The van der Waals surface area contributed by atoms with Crippen LogP contribution in [0.5, 0.6) is 17.2 Å². The van der Waals surface area contributed by atoms with E-state index in [1.807, 2.05) is 55.5 Å². The fourth-order valence-corrected chi connectivity index (χ4v) is 3.61. The van der Waals surface area contributed by atoms with Crippen molar-refractivity contribution >= 4 is 5.91 Å². The molecule has 160 valence electrons. The third kappa shape index (κ3) is 5.37. The Morgan fingerprint density at radius 3 is 2.45 bits per heavy atom. The normalized spacial score (nSPS) is 13.7. The van der Waals surface area contributed by atoms with E-state index in [4.69, 9.17) is 14.2 Å². The van der Waals surface area contributed by atoms with Crippen LogP contribution in [-0.4, -0.2) is 25.7 Å². The minimum Gasteiger partial charge on any atom is -0.494 e. The first-order chi connectivity index (χ1) is 15.2. The molecule has 0 spiro atoms. The zero-order chi connectivity index (χ0) is 21.5. The Kier molecular flexibility index (Phi) is 6.72. The summed E-state index contributed by atoms with van der Waals surface area (Å²) in [5.74, 6) is 2.10. The number of carbonyl (C=O) groups is 1. The van der Waals surface area contributed by atoms with Gasteiger partial charge < -0.3 is 19.5 Å². The number of rotatable bonds is 7. The first-order valence-electron chi connectivity index (χ1n) is 10.7. The molecule has 3 aromatic rings. The van der Waals surface area contributed by atoms with Crippen molar-refractivity contribution in [3.05, 3.63) is 89.5 Å². The molecule has 1 amide bonds. The van der Waals surface area contributed by atoms with Gasteiger partial charge in [-0.25, -0.2) is 0 Å². The molecule has 0 saturated heterocycles. The third-order valence-electron chi connectivity index (χ3n) is 5.19. The number of carbonyl (C=O) groups excluding carboxylic acids is 1. The molecule has 5 heteroatoms. The monoisotopic (exact) mass is 417 g/mol. The highest BCUT2D eigenvalue weighted by Crippen LogP contribution is 2.33. The van der Waals surface area contributed by atoms with Crippen molar-refractivity contribution in [1.82, 2.24) is 5.32 Å². The number of benzene rings is 3. The van der Waals surface area contributed by atoms with Gasteiger partial charge in [0.1, 0.15) is 5.75 Å². The lowest BCUT2D eigenvalue weighted by Crippen LogP contribution is -2.30. The van der Waals surface area contributed by atoms with Crippen LogP contribution in [0.2, 0.25) is 0 Å². The summed E-state index contributed by atoms with van der Waals surface area (Å²) >= 11 is 0. The van der Waals surface area contributed by atoms with Crippen molar-refractivity contribution in [1.29, 1.82) is 0 Å². The van der Waals surface area contributed by atoms with E-state index in [0.29, 0.717) is 31.8 Å². The van der Waals surface area contributed by atoms with Crippen LogP contribution in [0.15, 0.2) is 72.8 Å². The van der Waals surface area contributed by atoms with Crippen LogP contribution in [0.4, 0.5) is 0 Å². The standard InChI is InChI=1S/C26H27NO4/c1-2-29-22-12-9-20(10-13-22)26(28)27-23(17-19-7-4-3-5-8-19)21-11-14-24-25(18-21)31-16-6-15-30-24/h3-5,7-14,18,23H,2,6,15-17H2,1H3,(H,27,28). The summed E-state index contributed by atoms with van der Waals surface area (Å²) in [6, 6.07) is 23.0. The Bertz CT molecular complexity index is 1000. The zero-order valence-electron chi connectivity index (χ0n) is 17.7. The van der Waals surface area contributed by atoms with Crippen molar-refractivity contribution in [3.63, 3.8) is 0 Å². The van der Waals surface area contributed by atoms with E-state index >= 15 is 0 Å². The quantitative estimate of drug-likeness (QED) is 0.590. The molecule has 5 nitrogen and oxygen atoms in total. The highest BCUT2D eigenvalue weighted by Gasteiger charge is 2.20. The van der Waals surface area contributed by atoms with Gasteiger partial charge in [-0.05, 0) is 60.9 Å². The predicted molar refractivity (Wildman–Crippen MR) is 120 cm³/mol. The van der Waals surface area contributed by atoms with Crippen LogP contribution in [0.25, 0.3) is 0 Å². The Labute approximate surface area is 183 Å². The molecule has 0 fully saturated rings. The van der Waals surface area contributed by atoms with Gasteiger partial charge in [-0.15, -0.1) is 0 Å². The topological polar surface area (TPSA) is 56.8 Å². The molecule has 4 rings (SSSR count). The number of nitrogens with one attached hydrogen (secondary N) is 1. The summed E-state index contributed by atoms with van der Waals surface area (Å²) in [5.41, 5.74) is 2.72. The van der Waals surface area contributed by atoms with Gasteiger partial charge in [-0.1, -0.05) is 36.4 Å². The molecule has 1 aliphatic heterocycles. The maximum Gasteiger partial charge on any atom is 0.251 e. The molecule has 1 atom stereocenters. The second kappa shape index (κ2) is 10.0. The maximum atomic E-state index is 13.0. The first-order valence-corrected chi connectivity index (χ1v) is 10.7. The molecule has 1 unspecified atom stereocenters. The third-order valence-corrected chi connectivity index (χ3v) is 5.19. The number of fused-ring (bicyclic) bond motifs is 1. The molecule has 1 N–H and O–H groups in total. The van der Waals surface area contributed by atoms with Gasteiger partial charge in [-0.3, -0.25) is 4.79 Å². The van der Waals surface area contributed by atoms with Gasteiger partial charge in [0.15, 0.2) is 11.5 Å². The molecule has 0 aliphatic carbocycles. The Morgan fingerprint density at radius 1 is 0.968 bits per heavy atom. The number of hydrogen-bond acceptors (Lipinski definition) is 4. The highest BCUT2D eigenvalue weighted by molar-refractivity contribution is 5.94. The molecular formula is C26H27NO4. The first kappa shape index (κ1) is 20.8. The lowest BCUT2D eigenvalue weighted by Gasteiger charge is -2.21. The smallest absolute Gasteiger partial charge is 0.251 e. The van der Waals surface area contributed by atoms with Gasteiger partial charge in [0.05, 0.1) is 25.9 Å². The fraction of sp³-hybridized carbons (Fsp3) is 0.269. The lowest BCUT2D eigenvalue weighted by atomic mass is 9.98. The number of amides is 1. The Balaban J connectivity index is 1.58. The fourth-order valence-electron chi connectivity index (χ4n) is 3.61.